The summed E-state index contributed by atoms with van der Waals surface area (Å²) < 4.78 is 23.4. The largest absolute Gasteiger partial charge is 0.330 e. The predicted molar refractivity (Wildman–Crippen MR) is 68.1 cm³/mol. The molecule has 2 aromatic rings. The Hall–Kier alpha value is -1.43. The van der Waals surface area contributed by atoms with Gasteiger partial charge in [0.25, 0.3) is 0 Å². The van der Waals surface area contributed by atoms with Crippen molar-refractivity contribution in [3.8, 4) is 0 Å². The van der Waals surface area contributed by atoms with Crippen molar-refractivity contribution in [3.05, 3.63) is 42.0 Å². The van der Waals surface area contributed by atoms with Crippen LogP contribution < -0.4 is 10.9 Å². The molecule has 90 valence electrons. The molecule has 2 aromatic carbocycles. The van der Waals surface area contributed by atoms with Crippen molar-refractivity contribution in [2.45, 2.75) is 11.3 Å². The summed E-state index contributed by atoms with van der Waals surface area (Å²) in [4.78, 5) is 0.195. The standard InChI is InChI=1S/C12H14N2O2S/c13-8-7-10-6-5-9-3-1-2-4-11(9)12(10)17(14,15)16/h1-6H,7-8,13H2,(H2,14,15,16). The number of fused-ring (bicyclic) bond motifs is 1. The molecular formula is C12H14N2O2S. The predicted octanol–water partition coefficient (Wildman–Crippen LogP) is 0.988. The van der Waals surface area contributed by atoms with E-state index in [9.17, 15) is 8.42 Å². The summed E-state index contributed by atoms with van der Waals surface area (Å²) in [6.07, 6.45) is 0.497. The molecule has 5 heteroatoms. The topological polar surface area (TPSA) is 86.2 Å². The molecule has 4 nitrogen and oxygen atoms in total. The molecule has 0 aliphatic rings. The summed E-state index contributed by atoms with van der Waals surface area (Å²) in [5.41, 5.74) is 6.16. The molecular weight excluding hydrogens is 236 g/mol. The first-order valence-electron chi connectivity index (χ1n) is 5.27. The lowest BCUT2D eigenvalue weighted by Crippen LogP contribution is -2.16. The summed E-state index contributed by atoms with van der Waals surface area (Å²) in [7, 11) is -3.74. The maximum absolute atomic E-state index is 11.7. The van der Waals surface area contributed by atoms with Gasteiger partial charge in [0.2, 0.25) is 10.0 Å². The molecule has 0 aromatic heterocycles. The van der Waals surface area contributed by atoms with Crippen LogP contribution in [-0.4, -0.2) is 15.0 Å². The monoisotopic (exact) mass is 250 g/mol. The zero-order valence-corrected chi connectivity index (χ0v) is 10.1. The van der Waals surface area contributed by atoms with E-state index in [2.05, 4.69) is 0 Å². The molecule has 2 rings (SSSR count). The molecule has 0 spiro atoms. The molecule has 0 fully saturated rings. The lowest BCUT2D eigenvalue weighted by atomic mass is 10.0. The average molecular weight is 250 g/mol. The zero-order chi connectivity index (χ0) is 12.5. The van der Waals surface area contributed by atoms with Crippen LogP contribution in [0.4, 0.5) is 0 Å². The van der Waals surface area contributed by atoms with Crippen LogP contribution in [0.3, 0.4) is 0 Å². The molecule has 0 heterocycles. The van der Waals surface area contributed by atoms with Gasteiger partial charge in [-0.3, -0.25) is 0 Å². The normalized spacial score (nSPS) is 11.9. The van der Waals surface area contributed by atoms with Gasteiger partial charge in [-0.2, -0.15) is 0 Å². The van der Waals surface area contributed by atoms with Gasteiger partial charge < -0.3 is 5.73 Å². The maximum atomic E-state index is 11.7. The van der Waals surface area contributed by atoms with Gasteiger partial charge in [-0.1, -0.05) is 36.4 Å². The van der Waals surface area contributed by atoms with Crippen molar-refractivity contribution in [3.63, 3.8) is 0 Å². The van der Waals surface area contributed by atoms with Crippen molar-refractivity contribution in [1.82, 2.24) is 0 Å². The van der Waals surface area contributed by atoms with E-state index in [1.165, 1.54) is 0 Å². The highest BCUT2D eigenvalue weighted by Gasteiger charge is 2.16. The maximum Gasteiger partial charge on any atom is 0.238 e. The van der Waals surface area contributed by atoms with Crippen molar-refractivity contribution in [2.75, 3.05) is 6.54 Å². The Labute approximate surface area is 100 Å². The van der Waals surface area contributed by atoms with Crippen molar-refractivity contribution >= 4 is 20.8 Å². The molecule has 0 saturated carbocycles. The fourth-order valence-electron chi connectivity index (χ4n) is 1.98. The Morgan fingerprint density at radius 3 is 2.41 bits per heavy atom. The van der Waals surface area contributed by atoms with Gasteiger partial charge in [0.05, 0.1) is 4.90 Å². The first-order chi connectivity index (χ1) is 8.04. The highest BCUT2D eigenvalue weighted by molar-refractivity contribution is 7.89. The third-order valence-corrected chi connectivity index (χ3v) is 3.71. The Morgan fingerprint density at radius 2 is 1.76 bits per heavy atom. The number of benzene rings is 2. The summed E-state index contributed by atoms with van der Waals surface area (Å²) in [6, 6.07) is 10.9. The Kier molecular flexibility index (Phi) is 3.15. The van der Waals surface area contributed by atoms with Crippen molar-refractivity contribution < 1.29 is 8.42 Å². The smallest absolute Gasteiger partial charge is 0.238 e. The van der Waals surface area contributed by atoms with Gasteiger partial charge >= 0.3 is 0 Å². The second-order valence-corrected chi connectivity index (χ2v) is 5.36. The van der Waals surface area contributed by atoms with Gasteiger partial charge in [-0.05, 0) is 23.9 Å². The van der Waals surface area contributed by atoms with Crippen LogP contribution in [0, 0.1) is 0 Å². The number of primary sulfonamides is 1. The molecule has 0 amide bonds. The molecule has 0 saturated heterocycles. The Morgan fingerprint density at radius 1 is 1.06 bits per heavy atom. The van der Waals surface area contributed by atoms with Gasteiger partial charge in [0.15, 0.2) is 0 Å². The first kappa shape index (κ1) is 12.0. The minimum Gasteiger partial charge on any atom is -0.330 e. The Bertz CT molecular complexity index is 651. The molecule has 0 aliphatic heterocycles. The third-order valence-electron chi connectivity index (χ3n) is 2.66. The molecule has 4 N–H and O–H groups in total. The minimum absolute atomic E-state index is 0.195. The number of rotatable bonds is 3. The van der Waals surface area contributed by atoms with Crippen molar-refractivity contribution in [1.29, 1.82) is 0 Å². The molecule has 17 heavy (non-hydrogen) atoms. The van der Waals surface area contributed by atoms with Crippen LogP contribution in [0.5, 0.6) is 0 Å². The highest BCUT2D eigenvalue weighted by Crippen LogP contribution is 2.26. The molecule has 0 bridgehead atoms. The van der Waals surface area contributed by atoms with Gasteiger partial charge in [0.1, 0.15) is 0 Å². The minimum atomic E-state index is -3.74. The number of hydrogen-bond donors (Lipinski definition) is 2. The van der Waals surface area contributed by atoms with E-state index in [1.54, 1.807) is 18.2 Å². The lowest BCUT2D eigenvalue weighted by molar-refractivity contribution is 0.597. The summed E-state index contributed by atoms with van der Waals surface area (Å²) in [6.45, 7) is 0.390. The second-order valence-electron chi connectivity index (χ2n) is 3.86. The van der Waals surface area contributed by atoms with E-state index in [0.29, 0.717) is 23.9 Å². The van der Waals surface area contributed by atoms with E-state index in [1.807, 2.05) is 18.2 Å². The van der Waals surface area contributed by atoms with Crippen LogP contribution in [0.2, 0.25) is 0 Å². The fourth-order valence-corrected chi connectivity index (χ4v) is 3.00. The highest BCUT2D eigenvalue weighted by atomic mass is 32.2. The molecule has 0 aliphatic carbocycles. The quantitative estimate of drug-likeness (QED) is 0.851. The van der Waals surface area contributed by atoms with Crippen LogP contribution in [0.25, 0.3) is 10.8 Å². The zero-order valence-electron chi connectivity index (χ0n) is 9.26. The van der Waals surface area contributed by atoms with Crippen molar-refractivity contribution in [2.24, 2.45) is 10.9 Å². The van der Waals surface area contributed by atoms with E-state index in [-0.39, 0.29) is 4.90 Å². The number of sulfonamides is 1. The second kappa shape index (κ2) is 4.44. The van der Waals surface area contributed by atoms with Crippen LogP contribution in [0.15, 0.2) is 41.3 Å². The number of nitrogens with two attached hydrogens (primary N) is 2. The van der Waals surface area contributed by atoms with E-state index in [0.717, 1.165) is 5.39 Å². The van der Waals surface area contributed by atoms with Gasteiger partial charge in [-0.25, -0.2) is 13.6 Å². The van der Waals surface area contributed by atoms with Gasteiger partial charge in [0, 0.05) is 5.39 Å². The van der Waals surface area contributed by atoms with Crippen LogP contribution in [-0.2, 0) is 16.4 Å². The van der Waals surface area contributed by atoms with Crippen LogP contribution in [0.1, 0.15) is 5.56 Å². The lowest BCUT2D eigenvalue weighted by Gasteiger charge is -2.10. The van der Waals surface area contributed by atoms with Gasteiger partial charge in [-0.15, -0.1) is 0 Å². The van der Waals surface area contributed by atoms with E-state index in [4.69, 9.17) is 10.9 Å². The summed E-state index contributed by atoms with van der Waals surface area (Å²) in [5.74, 6) is 0. The molecule has 0 radical (unpaired) electrons. The van der Waals surface area contributed by atoms with Crippen LogP contribution >= 0.6 is 0 Å². The number of hydrogen-bond acceptors (Lipinski definition) is 3. The molecule has 0 unspecified atom stereocenters. The summed E-state index contributed by atoms with van der Waals surface area (Å²) >= 11 is 0. The SMILES string of the molecule is NCCc1ccc2ccccc2c1S(N)(=O)=O. The average Bonchev–Trinajstić information content (AvgIpc) is 2.27. The van der Waals surface area contributed by atoms with E-state index < -0.39 is 10.0 Å². The Balaban J connectivity index is 2.85. The third kappa shape index (κ3) is 2.31. The first-order valence-corrected chi connectivity index (χ1v) is 6.82. The summed E-state index contributed by atoms with van der Waals surface area (Å²) in [5, 5.41) is 6.80. The fraction of sp³-hybridized carbons (Fsp3) is 0.167. The molecule has 0 atom stereocenters. The van der Waals surface area contributed by atoms with E-state index >= 15 is 0 Å².